The maximum Gasteiger partial charge on any atom is 0.253 e. The molecule has 1 aromatic rings. The highest BCUT2D eigenvalue weighted by Crippen LogP contribution is 2.20. The van der Waals surface area contributed by atoms with E-state index in [2.05, 4.69) is 0 Å². The van der Waals surface area contributed by atoms with E-state index in [0.717, 1.165) is 18.9 Å². The maximum atomic E-state index is 13.8. The van der Waals surface area contributed by atoms with Crippen LogP contribution in [0.4, 0.5) is 4.39 Å². The van der Waals surface area contributed by atoms with Crippen molar-refractivity contribution < 1.29 is 17.6 Å². The van der Waals surface area contributed by atoms with Crippen molar-refractivity contribution in [2.24, 2.45) is 5.14 Å². The highest BCUT2D eigenvalue weighted by atomic mass is 32.2. The molecule has 1 rings (SSSR count). The van der Waals surface area contributed by atoms with E-state index in [4.69, 9.17) is 5.14 Å². The quantitative estimate of drug-likeness (QED) is 0.898. The molecule has 5 nitrogen and oxygen atoms in total. The van der Waals surface area contributed by atoms with Gasteiger partial charge in [0.05, 0.1) is 0 Å². The van der Waals surface area contributed by atoms with Crippen LogP contribution in [0.3, 0.4) is 0 Å². The lowest BCUT2D eigenvalue weighted by atomic mass is 10.1. The molecule has 2 N–H and O–H groups in total. The van der Waals surface area contributed by atoms with Crippen LogP contribution in [-0.2, 0) is 10.0 Å². The number of hydrogen-bond acceptors (Lipinski definition) is 3. The van der Waals surface area contributed by atoms with Gasteiger partial charge in [0.15, 0.2) is 0 Å². The van der Waals surface area contributed by atoms with Gasteiger partial charge in [-0.25, -0.2) is 17.9 Å². The number of carbonyl (C=O) groups is 1. The standard InChI is InChI=1S/C13H19FN2O3S/c1-4-5-6-16(3)13(17)10-7-9(2)12(14)11(8-10)20(15,18)19/h7-8H,4-6H2,1-3H3,(H2,15,18,19). The van der Waals surface area contributed by atoms with E-state index in [1.807, 2.05) is 6.92 Å². The van der Waals surface area contributed by atoms with Crippen molar-refractivity contribution >= 4 is 15.9 Å². The first-order chi connectivity index (χ1) is 9.18. The average Bonchev–Trinajstić information content (AvgIpc) is 2.36. The van der Waals surface area contributed by atoms with E-state index >= 15 is 0 Å². The predicted octanol–water partition coefficient (Wildman–Crippen LogP) is 1.65. The number of hydrogen-bond donors (Lipinski definition) is 1. The molecule has 20 heavy (non-hydrogen) atoms. The molecule has 0 saturated heterocycles. The van der Waals surface area contributed by atoms with Crippen molar-refractivity contribution in [3.63, 3.8) is 0 Å². The number of amides is 1. The predicted molar refractivity (Wildman–Crippen MR) is 74.4 cm³/mol. The molecule has 0 aliphatic heterocycles. The zero-order valence-electron chi connectivity index (χ0n) is 11.8. The summed E-state index contributed by atoms with van der Waals surface area (Å²) in [4.78, 5) is 13.0. The molecule has 0 aliphatic carbocycles. The third-order valence-electron chi connectivity index (χ3n) is 2.97. The number of nitrogens with zero attached hydrogens (tertiary/aromatic N) is 1. The fraction of sp³-hybridized carbons (Fsp3) is 0.462. The summed E-state index contributed by atoms with van der Waals surface area (Å²) in [5.41, 5.74) is 0.190. The minimum Gasteiger partial charge on any atom is -0.342 e. The van der Waals surface area contributed by atoms with Crippen LogP contribution in [0.15, 0.2) is 17.0 Å². The maximum absolute atomic E-state index is 13.8. The number of primary sulfonamides is 1. The van der Waals surface area contributed by atoms with Gasteiger partial charge in [0.2, 0.25) is 10.0 Å². The van der Waals surface area contributed by atoms with Crippen molar-refractivity contribution in [2.75, 3.05) is 13.6 Å². The minimum atomic E-state index is -4.20. The summed E-state index contributed by atoms with van der Waals surface area (Å²) in [5, 5.41) is 4.96. The minimum absolute atomic E-state index is 0.0729. The average molecular weight is 302 g/mol. The van der Waals surface area contributed by atoms with Crippen molar-refractivity contribution in [1.82, 2.24) is 4.90 Å². The number of rotatable bonds is 5. The van der Waals surface area contributed by atoms with Gasteiger partial charge in [-0.15, -0.1) is 0 Å². The monoisotopic (exact) mass is 302 g/mol. The fourth-order valence-corrected chi connectivity index (χ4v) is 2.49. The lowest BCUT2D eigenvalue weighted by molar-refractivity contribution is 0.0793. The Morgan fingerprint density at radius 2 is 2.00 bits per heavy atom. The van der Waals surface area contributed by atoms with Crippen LogP contribution >= 0.6 is 0 Å². The Kier molecular flexibility index (Phi) is 5.24. The summed E-state index contributed by atoms with van der Waals surface area (Å²) in [6, 6.07) is 2.32. The van der Waals surface area contributed by atoms with E-state index in [9.17, 15) is 17.6 Å². The summed E-state index contributed by atoms with van der Waals surface area (Å²) in [5.74, 6) is -1.27. The zero-order chi connectivity index (χ0) is 15.5. The molecule has 1 aromatic carbocycles. The molecule has 0 aliphatic rings. The van der Waals surface area contributed by atoms with Gasteiger partial charge in [-0.05, 0) is 31.0 Å². The largest absolute Gasteiger partial charge is 0.342 e. The number of aryl methyl sites for hydroxylation is 1. The van der Waals surface area contributed by atoms with Gasteiger partial charge in [-0.3, -0.25) is 4.79 Å². The molecule has 0 saturated carbocycles. The van der Waals surface area contributed by atoms with Crippen LogP contribution in [0, 0.1) is 12.7 Å². The highest BCUT2D eigenvalue weighted by Gasteiger charge is 2.21. The molecule has 0 aromatic heterocycles. The smallest absolute Gasteiger partial charge is 0.253 e. The number of benzene rings is 1. The second-order valence-electron chi connectivity index (χ2n) is 4.73. The number of unbranched alkanes of at least 4 members (excludes halogenated alkanes) is 1. The van der Waals surface area contributed by atoms with Gasteiger partial charge in [0.25, 0.3) is 5.91 Å². The molecule has 0 heterocycles. The number of sulfonamides is 1. The van der Waals surface area contributed by atoms with Crippen LogP contribution in [0.25, 0.3) is 0 Å². The van der Waals surface area contributed by atoms with E-state index in [0.29, 0.717) is 6.54 Å². The van der Waals surface area contributed by atoms with Crippen molar-refractivity contribution in [1.29, 1.82) is 0 Å². The number of carbonyl (C=O) groups excluding carboxylic acids is 1. The van der Waals surface area contributed by atoms with Gasteiger partial charge in [-0.1, -0.05) is 13.3 Å². The Morgan fingerprint density at radius 3 is 2.50 bits per heavy atom. The molecule has 7 heteroatoms. The Labute approximate surface area is 118 Å². The van der Waals surface area contributed by atoms with Crippen LogP contribution < -0.4 is 5.14 Å². The second-order valence-corrected chi connectivity index (χ2v) is 6.26. The summed E-state index contributed by atoms with van der Waals surface area (Å²) in [7, 11) is -2.58. The summed E-state index contributed by atoms with van der Waals surface area (Å²) in [6.45, 7) is 3.95. The third-order valence-corrected chi connectivity index (χ3v) is 3.88. The van der Waals surface area contributed by atoms with E-state index < -0.39 is 20.7 Å². The summed E-state index contributed by atoms with van der Waals surface area (Å²) in [6.07, 6.45) is 1.77. The molecule has 0 bridgehead atoms. The first kappa shape index (κ1) is 16.6. The Balaban J connectivity index is 3.21. The normalized spacial score (nSPS) is 11.4. The molecule has 0 fully saturated rings. The van der Waals surface area contributed by atoms with E-state index in [1.54, 1.807) is 7.05 Å². The molecule has 0 spiro atoms. The van der Waals surface area contributed by atoms with Crippen LogP contribution in [0.2, 0.25) is 0 Å². The summed E-state index contributed by atoms with van der Waals surface area (Å²) >= 11 is 0. The van der Waals surface area contributed by atoms with Crippen molar-refractivity contribution in [3.8, 4) is 0 Å². The Morgan fingerprint density at radius 1 is 1.40 bits per heavy atom. The van der Waals surface area contributed by atoms with Crippen LogP contribution in [-0.4, -0.2) is 32.8 Å². The number of halogens is 1. The van der Waals surface area contributed by atoms with Gasteiger partial charge < -0.3 is 4.90 Å². The Bertz CT molecular complexity index is 614. The molecule has 112 valence electrons. The SMILES string of the molecule is CCCCN(C)C(=O)c1cc(C)c(F)c(S(N)(=O)=O)c1. The molecule has 0 unspecified atom stereocenters. The first-order valence-electron chi connectivity index (χ1n) is 6.27. The van der Waals surface area contributed by atoms with Crippen molar-refractivity contribution in [3.05, 3.63) is 29.1 Å². The third kappa shape index (κ3) is 3.77. The van der Waals surface area contributed by atoms with E-state index in [-0.39, 0.29) is 17.0 Å². The van der Waals surface area contributed by atoms with E-state index in [1.165, 1.54) is 17.9 Å². The molecular formula is C13H19FN2O3S. The van der Waals surface area contributed by atoms with Gasteiger partial charge >= 0.3 is 0 Å². The highest BCUT2D eigenvalue weighted by molar-refractivity contribution is 7.89. The first-order valence-corrected chi connectivity index (χ1v) is 7.81. The van der Waals surface area contributed by atoms with Gasteiger partial charge in [0.1, 0.15) is 10.7 Å². The van der Waals surface area contributed by atoms with Gasteiger partial charge in [0, 0.05) is 19.2 Å². The fourth-order valence-electron chi connectivity index (χ4n) is 1.78. The zero-order valence-corrected chi connectivity index (χ0v) is 12.6. The van der Waals surface area contributed by atoms with Crippen LogP contribution in [0.5, 0.6) is 0 Å². The summed E-state index contributed by atoms with van der Waals surface area (Å²) < 4.78 is 36.4. The van der Waals surface area contributed by atoms with Gasteiger partial charge in [-0.2, -0.15) is 0 Å². The second kappa shape index (κ2) is 6.32. The lowest BCUT2D eigenvalue weighted by Gasteiger charge is -2.17. The molecule has 1 amide bonds. The Hall–Kier alpha value is -1.47. The van der Waals surface area contributed by atoms with Crippen molar-refractivity contribution in [2.45, 2.75) is 31.6 Å². The lowest BCUT2D eigenvalue weighted by Crippen LogP contribution is -2.28. The number of nitrogens with two attached hydrogens (primary N) is 1. The molecule has 0 atom stereocenters. The van der Waals surface area contributed by atoms with Crippen LogP contribution in [0.1, 0.15) is 35.7 Å². The molecular weight excluding hydrogens is 283 g/mol. The molecule has 0 radical (unpaired) electrons. The topological polar surface area (TPSA) is 80.5 Å².